The van der Waals surface area contributed by atoms with Gasteiger partial charge in [-0.2, -0.15) is 0 Å². The Morgan fingerprint density at radius 2 is 2.00 bits per heavy atom. The van der Waals surface area contributed by atoms with Crippen LogP contribution >= 0.6 is 11.8 Å². The molecule has 0 amide bonds. The van der Waals surface area contributed by atoms with Crippen LogP contribution in [0.2, 0.25) is 0 Å². The second-order valence-corrected chi connectivity index (χ2v) is 5.79. The quantitative estimate of drug-likeness (QED) is 0.754. The molecular weight excluding hydrogens is 220 g/mol. The highest BCUT2D eigenvalue weighted by Gasteiger charge is 2.52. The van der Waals surface area contributed by atoms with Crippen LogP contribution in [0.15, 0.2) is 23.1 Å². The van der Waals surface area contributed by atoms with Crippen molar-refractivity contribution in [2.75, 3.05) is 7.11 Å². The van der Waals surface area contributed by atoms with Gasteiger partial charge >= 0.3 is 5.97 Å². The van der Waals surface area contributed by atoms with E-state index in [0.717, 1.165) is 17.7 Å². The molecule has 0 unspecified atom stereocenters. The number of carbonyl (C=O) groups is 1. The normalized spacial score (nSPS) is 16.9. The zero-order chi connectivity index (χ0) is 11.8. The third-order valence-electron chi connectivity index (χ3n) is 3.05. The fraction of sp³-hybridized carbons (Fsp3) is 0.462. The van der Waals surface area contributed by atoms with E-state index in [1.54, 1.807) is 11.8 Å². The third-order valence-corrected chi connectivity index (χ3v) is 4.51. The summed E-state index contributed by atoms with van der Waals surface area (Å²) in [5, 5.41) is 0. The fourth-order valence-electron chi connectivity index (χ4n) is 1.65. The van der Waals surface area contributed by atoms with Crippen LogP contribution in [0.25, 0.3) is 0 Å². The maximum absolute atomic E-state index is 11.6. The largest absolute Gasteiger partial charge is 0.468 e. The summed E-state index contributed by atoms with van der Waals surface area (Å²) >= 11 is 1.64. The number of esters is 1. The summed E-state index contributed by atoms with van der Waals surface area (Å²) in [5.74, 6) is -0.0873. The first-order chi connectivity index (χ1) is 7.57. The van der Waals surface area contributed by atoms with Crippen LogP contribution in [-0.4, -0.2) is 17.8 Å². The molecule has 1 fully saturated rings. The van der Waals surface area contributed by atoms with E-state index >= 15 is 0 Å². The molecule has 1 aromatic carbocycles. The van der Waals surface area contributed by atoms with Gasteiger partial charge in [0.25, 0.3) is 0 Å². The Bertz CT molecular complexity index is 422. The van der Waals surface area contributed by atoms with Gasteiger partial charge in [0, 0.05) is 4.90 Å². The van der Waals surface area contributed by atoms with Crippen molar-refractivity contribution < 1.29 is 9.53 Å². The van der Waals surface area contributed by atoms with Gasteiger partial charge in [0.2, 0.25) is 0 Å². The molecule has 1 aliphatic carbocycles. The number of carbonyl (C=O) groups excluding carboxylic acids is 1. The average Bonchev–Trinajstić information content (AvgIpc) is 3.03. The molecule has 0 saturated heterocycles. The fourth-order valence-corrected chi connectivity index (χ4v) is 2.95. The summed E-state index contributed by atoms with van der Waals surface area (Å²) in [4.78, 5) is 12.8. The van der Waals surface area contributed by atoms with Crippen LogP contribution in [0, 0.1) is 13.8 Å². The van der Waals surface area contributed by atoms with E-state index in [4.69, 9.17) is 4.74 Å². The van der Waals surface area contributed by atoms with Crippen LogP contribution in [0.4, 0.5) is 0 Å². The van der Waals surface area contributed by atoms with Gasteiger partial charge in [-0.25, -0.2) is 0 Å². The molecule has 1 aromatic rings. The number of thioether (sulfide) groups is 1. The molecule has 0 aliphatic heterocycles. The lowest BCUT2D eigenvalue weighted by Crippen LogP contribution is -2.19. The molecule has 3 heteroatoms. The number of aryl methyl sites for hydroxylation is 2. The van der Waals surface area contributed by atoms with Gasteiger partial charge < -0.3 is 4.74 Å². The number of hydrogen-bond donors (Lipinski definition) is 0. The molecule has 2 rings (SSSR count). The van der Waals surface area contributed by atoms with Crippen molar-refractivity contribution in [1.29, 1.82) is 0 Å². The highest BCUT2D eigenvalue weighted by molar-refractivity contribution is 8.01. The second kappa shape index (κ2) is 4.13. The molecule has 0 heterocycles. The summed E-state index contributed by atoms with van der Waals surface area (Å²) < 4.78 is 4.55. The Kier molecular flexibility index (Phi) is 2.98. The lowest BCUT2D eigenvalue weighted by Gasteiger charge is -2.12. The Morgan fingerprint density at radius 3 is 2.50 bits per heavy atom. The molecular formula is C13H16O2S. The molecule has 0 aromatic heterocycles. The Hall–Kier alpha value is -0.960. The predicted octanol–water partition coefficient (Wildman–Crippen LogP) is 3.10. The molecule has 16 heavy (non-hydrogen) atoms. The summed E-state index contributed by atoms with van der Waals surface area (Å²) in [5.41, 5.74) is 2.55. The first-order valence-electron chi connectivity index (χ1n) is 5.42. The van der Waals surface area contributed by atoms with Crippen LogP contribution in [0.1, 0.15) is 24.0 Å². The maximum atomic E-state index is 11.6. The minimum atomic E-state index is -0.295. The van der Waals surface area contributed by atoms with E-state index in [9.17, 15) is 4.79 Å². The third kappa shape index (κ3) is 2.09. The lowest BCUT2D eigenvalue weighted by atomic mass is 10.1. The van der Waals surface area contributed by atoms with Crippen molar-refractivity contribution in [2.24, 2.45) is 0 Å². The van der Waals surface area contributed by atoms with E-state index in [1.165, 1.54) is 18.2 Å². The van der Waals surface area contributed by atoms with E-state index in [0.29, 0.717) is 0 Å². The average molecular weight is 236 g/mol. The Morgan fingerprint density at radius 1 is 1.31 bits per heavy atom. The molecule has 0 spiro atoms. The molecule has 86 valence electrons. The van der Waals surface area contributed by atoms with Gasteiger partial charge in [0.15, 0.2) is 0 Å². The standard InChI is InChI=1S/C13H16O2S/c1-9-4-5-11(8-10(9)2)16-13(6-7-13)12(14)15-3/h4-5,8H,6-7H2,1-3H3. The summed E-state index contributed by atoms with van der Waals surface area (Å²) in [6.45, 7) is 4.19. The molecule has 0 N–H and O–H groups in total. The van der Waals surface area contributed by atoms with Crippen molar-refractivity contribution in [3.63, 3.8) is 0 Å². The van der Waals surface area contributed by atoms with Crippen molar-refractivity contribution in [1.82, 2.24) is 0 Å². The second-order valence-electron chi connectivity index (χ2n) is 4.33. The highest BCUT2D eigenvalue weighted by Crippen LogP contribution is 2.52. The van der Waals surface area contributed by atoms with E-state index in [1.807, 2.05) is 0 Å². The smallest absolute Gasteiger partial charge is 0.322 e. The van der Waals surface area contributed by atoms with Gasteiger partial charge in [0.05, 0.1) is 7.11 Å². The number of benzene rings is 1. The molecule has 0 radical (unpaired) electrons. The van der Waals surface area contributed by atoms with Crippen LogP contribution < -0.4 is 0 Å². The van der Waals surface area contributed by atoms with Crippen LogP contribution in [-0.2, 0) is 9.53 Å². The zero-order valence-corrected chi connectivity index (χ0v) is 10.7. The first kappa shape index (κ1) is 11.5. The Balaban J connectivity index is 2.15. The first-order valence-corrected chi connectivity index (χ1v) is 6.24. The molecule has 1 aliphatic rings. The minimum Gasteiger partial charge on any atom is -0.468 e. The Labute approximate surface area is 100 Å². The number of methoxy groups -OCH3 is 1. The SMILES string of the molecule is COC(=O)C1(Sc2ccc(C)c(C)c2)CC1. The van der Waals surface area contributed by atoms with Crippen molar-refractivity contribution in [3.05, 3.63) is 29.3 Å². The number of rotatable bonds is 3. The van der Waals surface area contributed by atoms with Gasteiger partial charge in [-0.3, -0.25) is 4.79 Å². The summed E-state index contributed by atoms with van der Waals surface area (Å²) in [6, 6.07) is 6.32. The van der Waals surface area contributed by atoms with E-state index < -0.39 is 0 Å². The van der Waals surface area contributed by atoms with E-state index in [-0.39, 0.29) is 10.7 Å². The number of ether oxygens (including phenoxy) is 1. The van der Waals surface area contributed by atoms with Gasteiger partial charge in [-0.15, -0.1) is 11.8 Å². The van der Waals surface area contributed by atoms with Gasteiger partial charge in [0.1, 0.15) is 4.75 Å². The van der Waals surface area contributed by atoms with E-state index in [2.05, 4.69) is 32.0 Å². The van der Waals surface area contributed by atoms with Gasteiger partial charge in [-0.1, -0.05) is 6.07 Å². The van der Waals surface area contributed by atoms with Crippen LogP contribution in [0.3, 0.4) is 0 Å². The van der Waals surface area contributed by atoms with Crippen molar-refractivity contribution in [2.45, 2.75) is 36.3 Å². The highest BCUT2D eigenvalue weighted by atomic mass is 32.2. The topological polar surface area (TPSA) is 26.3 Å². The van der Waals surface area contributed by atoms with Crippen LogP contribution in [0.5, 0.6) is 0 Å². The summed E-state index contributed by atoms with van der Waals surface area (Å²) in [6.07, 6.45) is 1.86. The molecule has 1 saturated carbocycles. The van der Waals surface area contributed by atoms with Crippen molar-refractivity contribution >= 4 is 17.7 Å². The number of hydrogen-bond acceptors (Lipinski definition) is 3. The lowest BCUT2D eigenvalue weighted by molar-refractivity contribution is -0.140. The predicted molar refractivity (Wildman–Crippen MR) is 65.8 cm³/mol. The van der Waals surface area contributed by atoms with Gasteiger partial charge in [-0.05, 0) is 49.9 Å². The zero-order valence-electron chi connectivity index (χ0n) is 9.87. The van der Waals surface area contributed by atoms with Crippen molar-refractivity contribution in [3.8, 4) is 0 Å². The molecule has 2 nitrogen and oxygen atoms in total. The molecule has 0 bridgehead atoms. The minimum absolute atomic E-state index is 0.0873. The molecule has 0 atom stereocenters. The monoisotopic (exact) mass is 236 g/mol. The maximum Gasteiger partial charge on any atom is 0.322 e. The summed E-state index contributed by atoms with van der Waals surface area (Å²) in [7, 11) is 1.46.